The van der Waals surface area contributed by atoms with Crippen LogP contribution in [0.5, 0.6) is 0 Å². The van der Waals surface area contributed by atoms with Crippen LogP contribution in [0.4, 0.5) is 0 Å². The molecule has 3 nitrogen and oxygen atoms in total. The highest BCUT2D eigenvalue weighted by Gasteiger charge is 2.27. The van der Waals surface area contributed by atoms with Gasteiger partial charge in [0.05, 0.1) is 32.7 Å². The standard InChI is InChI=1S/C22H26N2O/c25-22(21-12-6-10-19-9-4-5-11-20(19)21)24-15-13-23(14-16-24)17-18-7-2-1-3-8-18/h1-2,4-6,9-12,18H,3,7-8,13-17H2/p+1/t18-/m1/s1. The first-order valence-corrected chi connectivity index (χ1v) is 9.57. The molecule has 3 heteroatoms. The van der Waals surface area contributed by atoms with Crippen LogP contribution in [0.3, 0.4) is 0 Å². The van der Waals surface area contributed by atoms with Crippen molar-refractivity contribution in [2.24, 2.45) is 5.92 Å². The molecule has 1 amide bonds. The van der Waals surface area contributed by atoms with Gasteiger partial charge in [0.1, 0.15) is 0 Å². The molecular formula is C22H27N2O+. The summed E-state index contributed by atoms with van der Waals surface area (Å²) >= 11 is 0. The van der Waals surface area contributed by atoms with E-state index in [9.17, 15) is 4.79 Å². The summed E-state index contributed by atoms with van der Waals surface area (Å²) in [6, 6.07) is 14.2. The third-order valence-electron chi connectivity index (χ3n) is 5.73. The number of hydrogen-bond donors (Lipinski definition) is 1. The molecule has 1 saturated heterocycles. The number of carbonyl (C=O) groups excluding carboxylic acids is 1. The van der Waals surface area contributed by atoms with Crippen LogP contribution in [-0.4, -0.2) is 43.5 Å². The Balaban J connectivity index is 1.40. The number of nitrogens with one attached hydrogen (secondary N) is 1. The molecule has 1 N–H and O–H groups in total. The lowest BCUT2D eigenvalue weighted by Crippen LogP contribution is -3.15. The molecule has 1 fully saturated rings. The molecule has 1 atom stereocenters. The number of carbonyl (C=O) groups is 1. The monoisotopic (exact) mass is 335 g/mol. The van der Waals surface area contributed by atoms with Gasteiger partial charge in [0.25, 0.3) is 5.91 Å². The minimum absolute atomic E-state index is 0.191. The predicted octanol–water partition coefficient (Wildman–Crippen LogP) is 2.54. The topological polar surface area (TPSA) is 24.8 Å². The van der Waals surface area contributed by atoms with Crippen LogP contribution >= 0.6 is 0 Å². The molecule has 0 saturated carbocycles. The Morgan fingerprint density at radius 3 is 2.64 bits per heavy atom. The van der Waals surface area contributed by atoms with Crippen molar-refractivity contribution in [1.29, 1.82) is 0 Å². The van der Waals surface area contributed by atoms with E-state index in [0.29, 0.717) is 0 Å². The molecule has 1 aliphatic carbocycles. The van der Waals surface area contributed by atoms with E-state index in [1.54, 1.807) is 4.90 Å². The van der Waals surface area contributed by atoms with Crippen molar-refractivity contribution in [3.8, 4) is 0 Å². The van der Waals surface area contributed by atoms with E-state index in [4.69, 9.17) is 0 Å². The molecule has 0 aromatic heterocycles. The van der Waals surface area contributed by atoms with Gasteiger partial charge in [-0.05, 0) is 36.1 Å². The number of rotatable bonds is 3. The summed E-state index contributed by atoms with van der Waals surface area (Å²) in [5.41, 5.74) is 0.846. The van der Waals surface area contributed by atoms with Crippen molar-refractivity contribution in [2.75, 3.05) is 32.7 Å². The van der Waals surface area contributed by atoms with E-state index in [1.165, 1.54) is 25.8 Å². The number of amides is 1. The van der Waals surface area contributed by atoms with E-state index in [1.807, 2.05) is 29.2 Å². The van der Waals surface area contributed by atoms with Gasteiger partial charge in [0.15, 0.2) is 0 Å². The number of benzene rings is 2. The van der Waals surface area contributed by atoms with Gasteiger partial charge in [-0.3, -0.25) is 4.79 Å². The average molecular weight is 335 g/mol. The van der Waals surface area contributed by atoms with Gasteiger partial charge >= 0.3 is 0 Å². The van der Waals surface area contributed by atoms with Crippen molar-refractivity contribution in [1.82, 2.24) is 4.90 Å². The number of nitrogens with zero attached hydrogens (tertiary/aromatic N) is 1. The fraction of sp³-hybridized carbons (Fsp3) is 0.409. The van der Waals surface area contributed by atoms with Crippen LogP contribution in [0.2, 0.25) is 0 Å². The molecule has 0 bridgehead atoms. The molecule has 2 aliphatic rings. The minimum atomic E-state index is 0.191. The first kappa shape index (κ1) is 16.3. The molecule has 1 heterocycles. The molecule has 2 aromatic carbocycles. The van der Waals surface area contributed by atoms with Gasteiger partial charge in [-0.15, -0.1) is 0 Å². The second-order valence-electron chi connectivity index (χ2n) is 7.42. The second-order valence-corrected chi connectivity index (χ2v) is 7.42. The van der Waals surface area contributed by atoms with Crippen LogP contribution in [0.1, 0.15) is 29.6 Å². The summed E-state index contributed by atoms with van der Waals surface area (Å²) in [5.74, 6) is 1.02. The van der Waals surface area contributed by atoms with Gasteiger partial charge in [-0.25, -0.2) is 0 Å². The maximum atomic E-state index is 13.0. The van der Waals surface area contributed by atoms with Gasteiger partial charge in [-0.2, -0.15) is 0 Å². The largest absolute Gasteiger partial charge is 0.332 e. The Hall–Kier alpha value is -2.13. The lowest BCUT2D eigenvalue weighted by Gasteiger charge is -2.34. The van der Waals surface area contributed by atoms with Crippen LogP contribution in [0.25, 0.3) is 10.8 Å². The average Bonchev–Trinajstić information content (AvgIpc) is 2.68. The molecule has 0 unspecified atom stereocenters. The third kappa shape index (κ3) is 3.62. The molecule has 1 aliphatic heterocycles. The SMILES string of the molecule is O=C(c1cccc2ccccc12)N1CC[NH+](C[C@@H]2CC=CCC2)CC1. The maximum Gasteiger partial charge on any atom is 0.254 e. The van der Waals surface area contributed by atoms with Crippen LogP contribution in [0, 0.1) is 5.92 Å². The van der Waals surface area contributed by atoms with Crippen molar-refractivity contribution in [2.45, 2.75) is 19.3 Å². The number of fused-ring (bicyclic) bond motifs is 1. The molecule has 4 rings (SSSR count). The summed E-state index contributed by atoms with van der Waals surface area (Å²) in [4.78, 5) is 16.7. The minimum Gasteiger partial charge on any atom is -0.332 e. The lowest BCUT2D eigenvalue weighted by atomic mass is 9.94. The first-order valence-electron chi connectivity index (χ1n) is 9.57. The maximum absolute atomic E-state index is 13.0. The number of piperazine rings is 1. The quantitative estimate of drug-likeness (QED) is 0.857. The van der Waals surface area contributed by atoms with Crippen molar-refractivity contribution in [3.05, 3.63) is 60.2 Å². The summed E-state index contributed by atoms with van der Waals surface area (Å²) in [7, 11) is 0. The number of quaternary nitrogens is 1. The second kappa shape index (κ2) is 7.40. The summed E-state index contributed by atoms with van der Waals surface area (Å²) in [6.45, 7) is 5.17. The fourth-order valence-corrected chi connectivity index (χ4v) is 4.26. The van der Waals surface area contributed by atoms with E-state index in [0.717, 1.165) is 48.4 Å². The predicted molar refractivity (Wildman–Crippen MR) is 102 cm³/mol. The highest BCUT2D eigenvalue weighted by Crippen LogP contribution is 2.20. The first-order chi connectivity index (χ1) is 12.3. The van der Waals surface area contributed by atoms with Crippen LogP contribution in [0.15, 0.2) is 54.6 Å². The van der Waals surface area contributed by atoms with Gasteiger partial charge in [-0.1, -0.05) is 48.6 Å². The fourth-order valence-electron chi connectivity index (χ4n) is 4.26. The van der Waals surface area contributed by atoms with E-state index < -0.39 is 0 Å². The number of hydrogen-bond acceptors (Lipinski definition) is 1. The van der Waals surface area contributed by atoms with Gasteiger partial charge in [0.2, 0.25) is 0 Å². The number of allylic oxidation sites excluding steroid dienone is 2. The van der Waals surface area contributed by atoms with E-state index in [-0.39, 0.29) is 5.91 Å². The Bertz CT molecular complexity index is 769. The summed E-state index contributed by atoms with van der Waals surface area (Å²) in [5, 5.41) is 2.21. The summed E-state index contributed by atoms with van der Waals surface area (Å²) < 4.78 is 0. The molecule has 25 heavy (non-hydrogen) atoms. The van der Waals surface area contributed by atoms with Crippen LogP contribution < -0.4 is 4.90 Å². The van der Waals surface area contributed by atoms with Crippen molar-refractivity contribution < 1.29 is 9.69 Å². The van der Waals surface area contributed by atoms with Gasteiger partial charge < -0.3 is 9.80 Å². The van der Waals surface area contributed by atoms with E-state index >= 15 is 0 Å². The molecule has 0 radical (unpaired) electrons. The van der Waals surface area contributed by atoms with Crippen molar-refractivity contribution >= 4 is 16.7 Å². The summed E-state index contributed by atoms with van der Waals surface area (Å²) in [6.07, 6.45) is 8.46. The smallest absolute Gasteiger partial charge is 0.254 e. The van der Waals surface area contributed by atoms with Gasteiger partial charge in [0, 0.05) is 11.5 Å². The highest BCUT2D eigenvalue weighted by atomic mass is 16.2. The normalized spacial score (nSPS) is 21.6. The Morgan fingerprint density at radius 2 is 1.84 bits per heavy atom. The zero-order chi connectivity index (χ0) is 17.1. The third-order valence-corrected chi connectivity index (χ3v) is 5.73. The van der Waals surface area contributed by atoms with Crippen molar-refractivity contribution in [3.63, 3.8) is 0 Å². The zero-order valence-corrected chi connectivity index (χ0v) is 14.8. The molecular weight excluding hydrogens is 308 g/mol. The van der Waals surface area contributed by atoms with E-state index in [2.05, 4.69) is 30.4 Å². The molecule has 0 spiro atoms. The highest BCUT2D eigenvalue weighted by molar-refractivity contribution is 6.07. The molecule has 130 valence electrons. The van der Waals surface area contributed by atoms with Crippen LogP contribution in [-0.2, 0) is 0 Å². The zero-order valence-electron chi connectivity index (χ0n) is 14.8. The lowest BCUT2D eigenvalue weighted by molar-refractivity contribution is -0.907. The molecule has 2 aromatic rings. The Kier molecular flexibility index (Phi) is 4.84. The Labute approximate surface area is 149 Å². The Morgan fingerprint density at radius 1 is 1.04 bits per heavy atom.